The number of piperidine rings is 1. The van der Waals surface area contributed by atoms with Crippen molar-refractivity contribution in [1.82, 2.24) is 9.47 Å². The second-order valence-corrected chi connectivity index (χ2v) is 10.4. The number of halogens is 5. The molecular weight excluding hydrogens is 528 g/mol. The molecule has 198 valence electrons. The predicted molar refractivity (Wildman–Crippen MR) is 137 cm³/mol. The van der Waals surface area contributed by atoms with Crippen LogP contribution in [-0.2, 0) is 24.4 Å². The van der Waals surface area contributed by atoms with E-state index in [4.69, 9.17) is 28.3 Å². The third-order valence-electron chi connectivity index (χ3n) is 7.24. The van der Waals surface area contributed by atoms with E-state index in [0.717, 1.165) is 25.0 Å². The highest BCUT2D eigenvalue weighted by atomic mass is 35.5. The third kappa shape index (κ3) is 5.75. The van der Waals surface area contributed by atoms with Gasteiger partial charge in [0, 0.05) is 54.6 Å². The van der Waals surface area contributed by atoms with Crippen molar-refractivity contribution >= 4 is 46.0 Å². The maximum absolute atomic E-state index is 13.3. The normalized spacial score (nSPS) is 14.9. The molecule has 1 N–H and O–H groups in total. The number of carboxylic acids is 1. The largest absolute Gasteiger partial charge is 0.481 e. The monoisotopic (exact) mass is 554 g/mol. The minimum atomic E-state index is -4.45. The van der Waals surface area contributed by atoms with Crippen LogP contribution >= 0.6 is 23.2 Å². The molecule has 0 radical (unpaired) electrons. The summed E-state index contributed by atoms with van der Waals surface area (Å²) in [4.78, 5) is 25.8. The molecule has 3 aromatic rings. The molecule has 4 rings (SSSR count). The lowest BCUT2D eigenvalue weighted by Crippen LogP contribution is -2.38. The van der Waals surface area contributed by atoms with Crippen LogP contribution in [0.2, 0.25) is 10.0 Å². The topological polar surface area (TPSA) is 62.5 Å². The van der Waals surface area contributed by atoms with E-state index in [0.29, 0.717) is 57.8 Å². The fourth-order valence-electron chi connectivity index (χ4n) is 5.03. The smallest absolute Gasteiger partial charge is 0.416 e. The number of hydrogen-bond acceptors (Lipinski definition) is 2. The molecule has 1 saturated heterocycles. The molecule has 5 nitrogen and oxygen atoms in total. The second kappa shape index (κ2) is 10.6. The average Bonchev–Trinajstić information content (AvgIpc) is 3.15. The molecule has 1 aliphatic rings. The first-order valence-corrected chi connectivity index (χ1v) is 12.8. The van der Waals surface area contributed by atoms with Crippen LogP contribution in [0, 0.1) is 12.8 Å². The number of amides is 1. The quantitative estimate of drug-likeness (QED) is 0.352. The summed E-state index contributed by atoms with van der Waals surface area (Å²) < 4.78 is 41.7. The van der Waals surface area contributed by atoms with Gasteiger partial charge in [-0.15, -0.1) is 0 Å². The zero-order chi connectivity index (χ0) is 27.1. The minimum absolute atomic E-state index is 0.121. The van der Waals surface area contributed by atoms with Crippen molar-refractivity contribution in [1.29, 1.82) is 0 Å². The Balaban J connectivity index is 1.58. The van der Waals surface area contributed by atoms with Gasteiger partial charge in [-0.05, 0) is 73.6 Å². The molecule has 0 atom stereocenters. The Hall–Kier alpha value is -2.71. The van der Waals surface area contributed by atoms with Crippen LogP contribution in [0.5, 0.6) is 0 Å². The first kappa shape index (κ1) is 27.3. The molecule has 0 saturated carbocycles. The number of carbonyl (C=O) groups is 2. The highest BCUT2D eigenvalue weighted by Gasteiger charge is 2.32. The highest BCUT2D eigenvalue weighted by Crippen LogP contribution is 2.36. The van der Waals surface area contributed by atoms with E-state index in [9.17, 15) is 22.8 Å². The van der Waals surface area contributed by atoms with Crippen LogP contribution in [0.25, 0.3) is 10.9 Å². The van der Waals surface area contributed by atoms with Crippen molar-refractivity contribution in [3.63, 3.8) is 0 Å². The number of likely N-dealkylation sites (tertiary alicyclic amines) is 1. The summed E-state index contributed by atoms with van der Waals surface area (Å²) in [5.74, 6) is -0.771. The van der Waals surface area contributed by atoms with Gasteiger partial charge in [-0.3, -0.25) is 9.59 Å². The van der Waals surface area contributed by atoms with Crippen molar-refractivity contribution in [3.05, 3.63) is 68.3 Å². The van der Waals surface area contributed by atoms with Crippen LogP contribution in [0.15, 0.2) is 30.3 Å². The van der Waals surface area contributed by atoms with Crippen molar-refractivity contribution in [2.24, 2.45) is 13.0 Å². The van der Waals surface area contributed by atoms with Gasteiger partial charge in [0.15, 0.2) is 0 Å². The summed E-state index contributed by atoms with van der Waals surface area (Å²) in [7, 11) is 1.70. The zero-order valence-corrected chi connectivity index (χ0v) is 22.0. The summed E-state index contributed by atoms with van der Waals surface area (Å²) in [5, 5.41) is 10.2. The predicted octanol–water partition coefficient (Wildman–Crippen LogP) is 7.12. The molecule has 37 heavy (non-hydrogen) atoms. The lowest BCUT2D eigenvalue weighted by molar-refractivity contribution is -0.138. The van der Waals surface area contributed by atoms with Crippen LogP contribution in [-0.4, -0.2) is 39.5 Å². The Labute approximate surface area is 222 Å². The van der Waals surface area contributed by atoms with Crippen LogP contribution < -0.4 is 0 Å². The first-order valence-electron chi connectivity index (χ1n) is 12.0. The Morgan fingerprint density at radius 2 is 1.78 bits per heavy atom. The number of alkyl halides is 3. The van der Waals surface area contributed by atoms with Crippen LogP contribution in [0.4, 0.5) is 13.2 Å². The molecule has 1 amide bonds. The van der Waals surface area contributed by atoms with E-state index in [1.54, 1.807) is 35.6 Å². The number of benzene rings is 2. The van der Waals surface area contributed by atoms with Gasteiger partial charge in [0.2, 0.25) is 0 Å². The molecule has 1 aliphatic heterocycles. The van der Waals surface area contributed by atoms with Gasteiger partial charge in [-0.1, -0.05) is 23.2 Å². The minimum Gasteiger partial charge on any atom is -0.481 e. The third-order valence-corrected chi connectivity index (χ3v) is 8.02. The van der Waals surface area contributed by atoms with E-state index in [-0.39, 0.29) is 29.7 Å². The maximum atomic E-state index is 13.3. The molecule has 10 heteroatoms. The Kier molecular flexibility index (Phi) is 7.81. The van der Waals surface area contributed by atoms with Crippen molar-refractivity contribution in [2.75, 3.05) is 13.1 Å². The van der Waals surface area contributed by atoms with Gasteiger partial charge in [0.05, 0.1) is 16.1 Å². The number of aliphatic carboxylic acids is 1. The van der Waals surface area contributed by atoms with Crippen LogP contribution in [0.3, 0.4) is 0 Å². The molecule has 0 unspecified atom stereocenters. The van der Waals surface area contributed by atoms with E-state index in [2.05, 4.69) is 0 Å². The zero-order valence-electron chi connectivity index (χ0n) is 20.5. The Morgan fingerprint density at radius 1 is 1.11 bits per heavy atom. The molecule has 1 fully saturated rings. The van der Waals surface area contributed by atoms with Gasteiger partial charge >= 0.3 is 12.1 Å². The number of carboxylic acid groups (broad SMARTS) is 1. The molecule has 0 spiro atoms. The lowest BCUT2D eigenvalue weighted by atomic mass is 9.92. The van der Waals surface area contributed by atoms with Crippen molar-refractivity contribution in [2.45, 2.75) is 45.2 Å². The summed E-state index contributed by atoms with van der Waals surface area (Å²) in [6, 6.07) is 7.30. The number of hydrogen-bond donors (Lipinski definition) is 1. The highest BCUT2D eigenvalue weighted by molar-refractivity contribution is 6.38. The van der Waals surface area contributed by atoms with E-state index >= 15 is 0 Å². The number of rotatable bonds is 6. The fourth-order valence-corrected chi connectivity index (χ4v) is 5.61. The molecule has 0 bridgehead atoms. The molecule has 1 aromatic heterocycles. The average molecular weight is 555 g/mol. The first-order chi connectivity index (χ1) is 17.4. The summed E-state index contributed by atoms with van der Waals surface area (Å²) in [6.45, 7) is 2.67. The lowest BCUT2D eigenvalue weighted by Gasteiger charge is -2.32. The summed E-state index contributed by atoms with van der Waals surface area (Å²) in [6.07, 6.45) is -2.04. The molecule has 2 heterocycles. The fraction of sp³-hybridized carbons (Fsp3) is 0.407. The SMILES string of the molecule is Cc1cc(C(F)(F)F)cc2c1cc(Cc1c(Cl)ccc(C(=O)N3CCC(CCC(=O)O)CC3)c1Cl)n2C. The second-order valence-electron chi connectivity index (χ2n) is 9.65. The van der Waals surface area contributed by atoms with Gasteiger partial charge in [0.1, 0.15) is 0 Å². The van der Waals surface area contributed by atoms with Crippen LogP contribution in [0.1, 0.15) is 58.4 Å². The van der Waals surface area contributed by atoms with Gasteiger partial charge in [-0.25, -0.2) is 0 Å². The number of fused-ring (bicyclic) bond motifs is 1. The number of aryl methyl sites for hydroxylation is 2. The van der Waals surface area contributed by atoms with E-state index in [1.807, 2.05) is 6.07 Å². The van der Waals surface area contributed by atoms with E-state index in [1.165, 1.54) is 0 Å². The number of carbonyl (C=O) groups excluding carboxylic acids is 1. The Bertz CT molecular complexity index is 1360. The number of nitrogens with zero attached hydrogens (tertiary/aromatic N) is 2. The van der Waals surface area contributed by atoms with E-state index < -0.39 is 17.7 Å². The molecule has 0 aliphatic carbocycles. The molecule has 2 aromatic carbocycles. The van der Waals surface area contributed by atoms with Gasteiger partial charge in [0.25, 0.3) is 5.91 Å². The molecular formula is C27H27Cl2F3N2O3. The Morgan fingerprint density at radius 3 is 2.41 bits per heavy atom. The maximum Gasteiger partial charge on any atom is 0.416 e. The van der Waals surface area contributed by atoms with Gasteiger partial charge < -0.3 is 14.6 Å². The summed E-state index contributed by atoms with van der Waals surface area (Å²) >= 11 is 13.2. The standard InChI is InChI=1S/C27H27Cl2F3N2O3/c1-15-11-17(27(30,31)32)12-23-20(15)13-18(33(23)2)14-21-22(28)5-4-19(25(21)29)26(37)34-9-7-16(8-10-34)3-6-24(35)36/h4-5,11-13,16H,3,6-10,14H2,1-2H3,(H,35,36). The number of aromatic nitrogens is 1. The van der Waals surface area contributed by atoms with Gasteiger partial charge in [-0.2, -0.15) is 13.2 Å². The van der Waals surface area contributed by atoms with Crippen molar-refractivity contribution < 1.29 is 27.9 Å². The summed E-state index contributed by atoms with van der Waals surface area (Å²) in [5.41, 5.74) is 1.82. The van der Waals surface area contributed by atoms with Crippen molar-refractivity contribution in [3.8, 4) is 0 Å².